The number of ether oxygens (including phenoxy) is 2. The maximum atomic E-state index is 12.2. The summed E-state index contributed by atoms with van der Waals surface area (Å²) in [6, 6.07) is -0.164. The van der Waals surface area contributed by atoms with Gasteiger partial charge in [-0.05, 0) is 12.3 Å². The number of hydrogen-bond donors (Lipinski definition) is 1. The molecule has 0 saturated carbocycles. The van der Waals surface area contributed by atoms with E-state index in [4.69, 9.17) is 9.47 Å². The number of halogens is 1. The minimum atomic E-state index is -0.164. The van der Waals surface area contributed by atoms with Gasteiger partial charge in [-0.3, -0.25) is 4.79 Å². The van der Waals surface area contributed by atoms with Gasteiger partial charge in [0.1, 0.15) is 6.04 Å². The van der Waals surface area contributed by atoms with Gasteiger partial charge in [-0.1, -0.05) is 13.8 Å². The van der Waals surface area contributed by atoms with Gasteiger partial charge in [-0.15, -0.1) is 12.4 Å². The van der Waals surface area contributed by atoms with Crippen molar-refractivity contribution in [2.24, 2.45) is 5.92 Å². The lowest BCUT2D eigenvalue weighted by Gasteiger charge is -2.27. The Kier molecular flexibility index (Phi) is 7.07. The van der Waals surface area contributed by atoms with E-state index < -0.39 is 0 Å². The lowest BCUT2D eigenvalue weighted by Crippen LogP contribution is -2.52. The van der Waals surface area contributed by atoms with Crippen molar-refractivity contribution in [2.75, 3.05) is 39.5 Å². The average Bonchev–Trinajstić information content (AvgIpc) is 2.85. The van der Waals surface area contributed by atoms with Crippen molar-refractivity contribution in [1.29, 1.82) is 0 Å². The molecule has 2 heterocycles. The highest BCUT2D eigenvalue weighted by atomic mass is 35.5. The van der Waals surface area contributed by atoms with E-state index in [0.717, 1.165) is 32.7 Å². The molecule has 0 aromatic carbocycles. The first-order valence-corrected chi connectivity index (χ1v) is 6.88. The second-order valence-corrected chi connectivity index (χ2v) is 5.50. The first-order chi connectivity index (χ1) is 8.66. The quantitative estimate of drug-likeness (QED) is 0.827. The highest BCUT2D eigenvalue weighted by Crippen LogP contribution is 2.15. The standard InChI is InChI=1S/C13H24N2O3.ClH/c1-10(2)8-18-11-3-5-15(7-11)13(16)12-9-17-6-4-14-12;/h10-12,14H,3-9H2,1-2H3;1H. The van der Waals surface area contributed by atoms with E-state index in [9.17, 15) is 4.79 Å². The second-order valence-electron chi connectivity index (χ2n) is 5.50. The number of amides is 1. The fourth-order valence-corrected chi connectivity index (χ4v) is 2.34. The minimum Gasteiger partial charge on any atom is -0.378 e. The molecule has 2 fully saturated rings. The Hall–Kier alpha value is -0.360. The Balaban J connectivity index is 0.00000180. The number of carbonyl (C=O) groups excluding carboxylic acids is 1. The Morgan fingerprint density at radius 2 is 2.32 bits per heavy atom. The third-order valence-electron chi connectivity index (χ3n) is 3.34. The van der Waals surface area contributed by atoms with Crippen molar-refractivity contribution < 1.29 is 14.3 Å². The third kappa shape index (κ3) is 4.91. The van der Waals surface area contributed by atoms with Gasteiger partial charge in [0.25, 0.3) is 0 Å². The predicted molar refractivity (Wildman–Crippen MR) is 75.6 cm³/mol. The molecule has 5 nitrogen and oxygen atoms in total. The molecule has 2 saturated heterocycles. The van der Waals surface area contributed by atoms with Crippen LogP contribution in [0.1, 0.15) is 20.3 Å². The molecule has 6 heteroatoms. The summed E-state index contributed by atoms with van der Waals surface area (Å²) in [5, 5.41) is 3.20. The molecule has 0 radical (unpaired) electrons. The van der Waals surface area contributed by atoms with Crippen molar-refractivity contribution >= 4 is 18.3 Å². The zero-order valence-corrected chi connectivity index (χ0v) is 12.6. The molecular weight excluding hydrogens is 268 g/mol. The molecule has 1 amide bonds. The largest absolute Gasteiger partial charge is 0.378 e. The van der Waals surface area contributed by atoms with Crippen LogP contribution in [0.3, 0.4) is 0 Å². The fourth-order valence-electron chi connectivity index (χ4n) is 2.34. The molecule has 2 rings (SSSR count). The van der Waals surface area contributed by atoms with Gasteiger partial charge >= 0.3 is 0 Å². The summed E-state index contributed by atoms with van der Waals surface area (Å²) < 4.78 is 11.1. The summed E-state index contributed by atoms with van der Waals surface area (Å²) in [6.45, 7) is 8.54. The van der Waals surface area contributed by atoms with Crippen molar-refractivity contribution in [1.82, 2.24) is 10.2 Å². The van der Waals surface area contributed by atoms with Crippen LogP contribution in [-0.2, 0) is 14.3 Å². The number of hydrogen-bond acceptors (Lipinski definition) is 4. The average molecular weight is 293 g/mol. The molecule has 2 atom stereocenters. The molecule has 0 spiro atoms. The monoisotopic (exact) mass is 292 g/mol. The van der Waals surface area contributed by atoms with Gasteiger partial charge < -0.3 is 19.7 Å². The summed E-state index contributed by atoms with van der Waals surface area (Å²) in [7, 11) is 0. The van der Waals surface area contributed by atoms with Crippen LogP contribution in [0.2, 0.25) is 0 Å². The molecule has 112 valence electrons. The van der Waals surface area contributed by atoms with Crippen LogP contribution in [0.15, 0.2) is 0 Å². The summed E-state index contributed by atoms with van der Waals surface area (Å²) in [4.78, 5) is 14.1. The van der Waals surface area contributed by atoms with Gasteiger partial charge in [0.2, 0.25) is 5.91 Å². The molecular formula is C13H25ClN2O3. The van der Waals surface area contributed by atoms with Crippen molar-refractivity contribution in [3.63, 3.8) is 0 Å². The molecule has 0 aromatic heterocycles. The van der Waals surface area contributed by atoms with Crippen LogP contribution >= 0.6 is 12.4 Å². The molecule has 2 unspecified atom stereocenters. The molecule has 1 N–H and O–H groups in total. The first kappa shape index (κ1) is 16.7. The zero-order chi connectivity index (χ0) is 13.0. The van der Waals surface area contributed by atoms with E-state index in [0.29, 0.717) is 19.1 Å². The molecule has 0 aliphatic carbocycles. The molecule has 0 aromatic rings. The van der Waals surface area contributed by atoms with E-state index >= 15 is 0 Å². The Morgan fingerprint density at radius 1 is 1.53 bits per heavy atom. The van der Waals surface area contributed by atoms with Crippen LogP contribution in [0.25, 0.3) is 0 Å². The summed E-state index contributed by atoms with van der Waals surface area (Å²) in [6.07, 6.45) is 1.16. The smallest absolute Gasteiger partial charge is 0.242 e. The van der Waals surface area contributed by atoms with Crippen LogP contribution in [0.5, 0.6) is 0 Å². The fraction of sp³-hybridized carbons (Fsp3) is 0.923. The Bertz CT molecular complexity index is 283. The van der Waals surface area contributed by atoms with E-state index in [-0.39, 0.29) is 30.5 Å². The lowest BCUT2D eigenvalue weighted by molar-refractivity contribution is -0.135. The topological polar surface area (TPSA) is 50.8 Å². The maximum absolute atomic E-state index is 12.2. The normalized spacial score (nSPS) is 27.4. The van der Waals surface area contributed by atoms with E-state index in [1.54, 1.807) is 0 Å². The predicted octanol–water partition coefficient (Wildman–Crippen LogP) is 0.670. The number of rotatable bonds is 4. The van der Waals surface area contributed by atoms with Crippen molar-refractivity contribution in [2.45, 2.75) is 32.4 Å². The van der Waals surface area contributed by atoms with E-state index in [1.807, 2.05) is 4.90 Å². The van der Waals surface area contributed by atoms with Crippen molar-refractivity contribution in [3.05, 3.63) is 0 Å². The molecule has 2 aliphatic heterocycles. The summed E-state index contributed by atoms with van der Waals surface area (Å²) in [5.74, 6) is 0.702. The first-order valence-electron chi connectivity index (χ1n) is 6.88. The van der Waals surface area contributed by atoms with Gasteiger partial charge in [0.05, 0.1) is 19.3 Å². The maximum Gasteiger partial charge on any atom is 0.242 e. The Labute approximate surface area is 121 Å². The number of carbonyl (C=O) groups is 1. The highest BCUT2D eigenvalue weighted by Gasteiger charge is 2.32. The van der Waals surface area contributed by atoms with Crippen molar-refractivity contribution in [3.8, 4) is 0 Å². The highest BCUT2D eigenvalue weighted by molar-refractivity contribution is 5.85. The minimum absolute atomic E-state index is 0. The van der Waals surface area contributed by atoms with Gasteiger partial charge in [0.15, 0.2) is 0 Å². The number of nitrogens with one attached hydrogen (secondary N) is 1. The van der Waals surface area contributed by atoms with Gasteiger partial charge in [-0.25, -0.2) is 0 Å². The second kappa shape index (κ2) is 8.04. The zero-order valence-electron chi connectivity index (χ0n) is 11.8. The number of nitrogens with zero attached hydrogens (tertiary/aromatic N) is 1. The SMILES string of the molecule is CC(C)COC1CCN(C(=O)C2COCCN2)C1.Cl. The summed E-state index contributed by atoms with van der Waals surface area (Å²) >= 11 is 0. The molecule has 19 heavy (non-hydrogen) atoms. The van der Waals surface area contributed by atoms with Gasteiger partial charge in [0, 0.05) is 26.2 Å². The molecule has 0 bridgehead atoms. The number of morpholine rings is 1. The molecule has 2 aliphatic rings. The van der Waals surface area contributed by atoms with Crippen LogP contribution in [0.4, 0.5) is 0 Å². The van der Waals surface area contributed by atoms with E-state index in [2.05, 4.69) is 19.2 Å². The van der Waals surface area contributed by atoms with Crippen LogP contribution < -0.4 is 5.32 Å². The third-order valence-corrected chi connectivity index (χ3v) is 3.34. The van der Waals surface area contributed by atoms with Crippen LogP contribution in [0, 0.1) is 5.92 Å². The van der Waals surface area contributed by atoms with Crippen LogP contribution in [-0.4, -0.2) is 62.4 Å². The summed E-state index contributed by atoms with van der Waals surface area (Å²) in [5.41, 5.74) is 0. The van der Waals surface area contributed by atoms with E-state index in [1.165, 1.54) is 0 Å². The lowest BCUT2D eigenvalue weighted by atomic mass is 10.2. The number of likely N-dealkylation sites (tertiary alicyclic amines) is 1. The Morgan fingerprint density at radius 3 is 2.95 bits per heavy atom. The van der Waals surface area contributed by atoms with Gasteiger partial charge in [-0.2, -0.15) is 0 Å².